The third-order valence-corrected chi connectivity index (χ3v) is 5.97. The molecule has 1 saturated heterocycles. The van der Waals surface area contributed by atoms with Crippen molar-refractivity contribution in [2.45, 2.75) is 26.3 Å². The number of nitrogens with zero attached hydrogens (tertiary/aromatic N) is 5. The van der Waals surface area contributed by atoms with Crippen LogP contribution in [0.2, 0.25) is 0 Å². The lowest BCUT2D eigenvalue weighted by molar-refractivity contribution is 0.0714. The summed E-state index contributed by atoms with van der Waals surface area (Å²) in [5.41, 5.74) is 3.95. The molecule has 0 aliphatic carbocycles. The lowest BCUT2D eigenvalue weighted by Gasteiger charge is -2.26. The van der Waals surface area contributed by atoms with Crippen molar-refractivity contribution in [3.8, 4) is 11.4 Å². The van der Waals surface area contributed by atoms with Gasteiger partial charge < -0.3 is 14.6 Å². The number of carbonyl (C=O) groups excluding carboxylic acids is 1. The normalized spacial score (nSPS) is 18.6. The minimum atomic E-state index is -0.149. The van der Waals surface area contributed by atoms with Crippen LogP contribution in [0, 0.1) is 12.8 Å². The number of hydrogen-bond donors (Lipinski definition) is 1. The van der Waals surface area contributed by atoms with E-state index in [1.54, 1.807) is 19.5 Å². The van der Waals surface area contributed by atoms with Crippen LogP contribution in [0.25, 0.3) is 16.7 Å². The number of hydrogen-bond acceptors (Lipinski definition) is 5. The Bertz CT molecular complexity index is 1250. The highest BCUT2D eigenvalue weighted by molar-refractivity contribution is 5.98. The number of rotatable bonds is 4. The van der Waals surface area contributed by atoms with Gasteiger partial charge in [-0.15, -0.1) is 0 Å². The number of para-hydroxylation sites is 1. The van der Waals surface area contributed by atoms with E-state index in [1.807, 2.05) is 48.2 Å². The predicted molar refractivity (Wildman–Crippen MR) is 116 cm³/mol. The number of aromatic nitrogens is 5. The maximum atomic E-state index is 13.8. The summed E-state index contributed by atoms with van der Waals surface area (Å²) in [6.45, 7) is 4.81. The zero-order valence-electron chi connectivity index (χ0n) is 17.7. The molecule has 3 heterocycles. The van der Waals surface area contributed by atoms with Gasteiger partial charge in [-0.3, -0.25) is 4.79 Å². The molecule has 0 radical (unpaired) electrons. The number of benzene rings is 2. The molecule has 31 heavy (non-hydrogen) atoms. The van der Waals surface area contributed by atoms with Gasteiger partial charge in [-0.25, -0.2) is 4.98 Å². The van der Waals surface area contributed by atoms with Crippen molar-refractivity contribution < 1.29 is 9.53 Å². The van der Waals surface area contributed by atoms with Gasteiger partial charge in [0, 0.05) is 6.54 Å². The van der Waals surface area contributed by atoms with Crippen LogP contribution < -0.4 is 4.74 Å². The summed E-state index contributed by atoms with van der Waals surface area (Å²) >= 11 is 0. The van der Waals surface area contributed by atoms with Crippen molar-refractivity contribution in [1.29, 1.82) is 0 Å². The molecule has 1 N–H and O–H groups in total. The highest BCUT2D eigenvalue weighted by Gasteiger charge is 2.39. The first-order chi connectivity index (χ1) is 15.1. The number of methoxy groups -OCH3 is 1. The summed E-state index contributed by atoms with van der Waals surface area (Å²) < 4.78 is 5.46. The first-order valence-electron chi connectivity index (χ1n) is 10.4. The summed E-state index contributed by atoms with van der Waals surface area (Å²) in [4.78, 5) is 25.4. The molecule has 2 atom stereocenters. The highest BCUT2D eigenvalue weighted by atomic mass is 16.5. The fraction of sp³-hybridized carbons (Fsp3) is 0.304. The Kier molecular flexibility index (Phi) is 4.69. The molecule has 1 fully saturated rings. The maximum Gasteiger partial charge on any atom is 0.256 e. The number of imidazole rings is 1. The monoisotopic (exact) mass is 416 g/mol. The summed E-state index contributed by atoms with van der Waals surface area (Å²) in [7, 11) is 1.64. The maximum absolute atomic E-state index is 13.8. The molecule has 1 aliphatic heterocycles. The second-order valence-corrected chi connectivity index (χ2v) is 8.03. The largest absolute Gasteiger partial charge is 0.494 e. The van der Waals surface area contributed by atoms with Crippen LogP contribution in [0.5, 0.6) is 5.75 Å². The molecule has 0 unspecified atom stereocenters. The lowest BCUT2D eigenvalue weighted by Crippen LogP contribution is -2.33. The van der Waals surface area contributed by atoms with E-state index in [0.29, 0.717) is 23.5 Å². The van der Waals surface area contributed by atoms with Gasteiger partial charge in [0.25, 0.3) is 5.91 Å². The van der Waals surface area contributed by atoms with Gasteiger partial charge in [0.05, 0.1) is 42.3 Å². The second-order valence-electron chi connectivity index (χ2n) is 8.03. The third kappa shape index (κ3) is 3.24. The number of aryl methyl sites for hydroxylation is 1. The molecule has 8 nitrogen and oxygen atoms in total. The molecule has 2 aromatic carbocycles. The number of carbonyl (C=O) groups is 1. The van der Waals surface area contributed by atoms with E-state index in [9.17, 15) is 4.79 Å². The first kappa shape index (κ1) is 19.3. The smallest absolute Gasteiger partial charge is 0.256 e. The Morgan fingerprint density at radius 2 is 2.00 bits per heavy atom. The molecule has 2 aromatic heterocycles. The number of nitrogens with one attached hydrogen (secondary N) is 1. The molecule has 5 rings (SSSR count). The van der Waals surface area contributed by atoms with Crippen LogP contribution in [-0.4, -0.2) is 49.4 Å². The summed E-state index contributed by atoms with van der Waals surface area (Å²) in [6.07, 6.45) is 4.12. The van der Waals surface area contributed by atoms with Crippen LogP contribution in [0.15, 0.2) is 48.8 Å². The predicted octanol–water partition coefficient (Wildman–Crippen LogP) is 3.68. The molecule has 8 heteroatoms. The minimum absolute atomic E-state index is 0.0437. The first-order valence-corrected chi connectivity index (χ1v) is 10.4. The van der Waals surface area contributed by atoms with E-state index >= 15 is 0 Å². The van der Waals surface area contributed by atoms with Crippen molar-refractivity contribution in [3.05, 3.63) is 65.7 Å². The van der Waals surface area contributed by atoms with E-state index in [2.05, 4.69) is 22.1 Å². The number of fused-ring (bicyclic) bond motifs is 1. The standard InChI is InChI=1S/C23H24N6O2/c1-14-7-8-18(29-24-10-11-25-29)16(13-14)23(30)28-12-9-15(2)21(28)22-26-17-5-4-6-19(31-3)20(17)27-22/h4-8,10-11,13,15,21H,9,12H2,1-3H3,(H,26,27)/t15-,21-/m0/s1. The molecule has 0 saturated carbocycles. The molecule has 0 bridgehead atoms. The molecular weight excluding hydrogens is 392 g/mol. The summed E-state index contributed by atoms with van der Waals surface area (Å²) in [6, 6.07) is 11.4. The van der Waals surface area contributed by atoms with Crippen LogP contribution in [0.3, 0.4) is 0 Å². The van der Waals surface area contributed by atoms with Crippen molar-refractivity contribution in [2.24, 2.45) is 5.92 Å². The number of aromatic amines is 1. The highest BCUT2D eigenvalue weighted by Crippen LogP contribution is 2.38. The Hall–Kier alpha value is -3.68. The van der Waals surface area contributed by atoms with Gasteiger partial charge in [0.15, 0.2) is 0 Å². The van der Waals surface area contributed by atoms with Crippen LogP contribution in [0.4, 0.5) is 0 Å². The fourth-order valence-corrected chi connectivity index (χ4v) is 4.41. The molecule has 1 aliphatic rings. The van der Waals surface area contributed by atoms with Crippen LogP contribution >= 0.6 is 0 Å². The summed E-state index contributed by atoms with van der Waals surface area (Å²) in [5.74, 6) is 1.72. The zero-order valence-corrected chi connectivity index (χ0v) is 17.7. The average molecular weight is 416 g/mol. The molecule has 0 spiro atoms. The van der Waals surface area contributed by atoms with Gasteiger partial charge in [-0.1, -0.05) is 24.6 Å². The Morgan fingerprint density at radius 1 is 1.19 bits per heavy atom. The van der Waals surface area contributed by atoms with E-state index in [-0.39, 0.29) is 17.9 Å². The van der Waals surface area contributed by atoms with Gasteiger partial charge in [-0.05, 0) is 43.5 Å². The van der Waals surface area contributed by atoms with E-state index in [0.717, 1.165) is 28.8 Å². The van der Waals surface area contributed by atoms with Gasteiger partial charge in [0.2, 0.25) is 0 Å². The second kappa shape index (κ2) is 7.54. The van der Waals surface area contributed by atoms with E-state index in [4.69, 9.17) is 9.72 Å². The van der Waals surface area contributed by atoms with Gasteiger partial charge in [0.1, 0.15) is 17.1 Å². The zero-order chi connectivity index (χ0) is 21.5. The van der Waals surface area contributed by atoms with Crippen molar-refractivity contribution in [1.82, 2.24) is 29.9 Å². The Labute approximate surface area is 179 Å². The van der Waals surface area contributed by atoms with Crippen molar-refractivity contribution in [2.75, 3.05) is 13.7 Å². The van der Waals surface area contributed by atoms with Crippen LogP contribution in [0.1, 0.15) is 41.1 Å². The number of amides is 1. The lowest BCUT2D eigenvalue weighted by atomic mass is 10.0. The molecule has 4 aromatic rings. The Balaban J connectivity index is 1.57. The van der Waals surface area contributed by atoms with Crippen molar-refractivity contribution >= 4 is 16.9 Å². The van der Waals surface area contributed by atoms with Crippen molar-refractivity contribution in [3.63, 3.8) is 0 Å². The van der Waals surface area contributed by atoms with Gasteiger partial charge in [-0.2, -0.15) is 15.0 Å². The number of ether oxygens (including phenoxy) is 1. The van der Waals surface area contributed by atoms with Gasteiger partial charge >= 0.3 is 0 Å². The number of likely N-dealkylation sites (tertiary alicyclic amines) is 1. The SMILES string of the molecule is COc1cccc2[nH]c([C@@H]3[C@@H](C)CCN3C(=O)c3cc(C)ccc3-n3nccn3)nc12. The molecule has 1 amide bonds. The van der Waals surface area contributed by atoms with E-state index in [1.165, 1.54) is 4.80 Å². The average Bonchev–Trinajstić information content (AvgIpc) is 3.52. The minimum Gasteiger partial charge on any atom is -0.494 e. The topological polar surface area (TPSA) is 88.9 Å². The van der Waals surface area contributed by atoms with Crippen LogP contribution in [-0.2, 0) is 0 Å². The number of H-pyrrole nitrogens is 1. The third-order valence-electron chi connectivity index (χ3n) is 5.97. The summed E-state index contributed by atoms with van der Waals surface area (Å²) in [5, 5.41) is 8.46. The molecule has 158 valence electrons. The van der Waals surface area contributed by atoms with E-state index < -0.39 is 0 Å². The quantitative estimate of drug-likeness (QED) is 0.548. The molecular formula is C23H24N6O2. The Morgan fingerprint density at radius 3 is 2.77 bits per heavy atom. The fourth-order valence-electron chi connectivity index (χ4n) is 4.41.